The summed E-state index contributed by atoms with van der Waals surface area (Å²) in [6.45, 7) is 11.1. The molecule has 1 atom stereocenters. The van der Waals surface area contributed by atoms with Crippen LogP contribution in [-0.4, -0.2) is 34.0 Å². The first-order chi connectivity index (χ1) is 16.4. The number of aromatic carboxylic acids is 1. The fourth-order valence-corrected chi connectivity index (χ4v) is 4.68. The van der Waals surface area contributed by atoms with Gasteiger partial charge in [0, 0.05) is 11.3 Å². The van der Waals surface area contributed by atoms with Gasteiger partial charge >= 0.3 is 5.97 Å². The van der Waals surface area contributed by atoms with E-state index in [0.29, 0.717) is 17.7 Å². The van der Waals surface area contributed by atoms with Crippen LogP contribution in [0.5, 0.6) is 0 Å². The summed E-state index contributed by atoms with van der Waals surface area (Å²) in [5.41, 5.74) is 3.96. The molecule has 1 amide bonds. The number of amides is 1. The molecule has 0 saturated heterocycles. The van der Waals surface area contributed by atoms with E-state index in [4.69, 9.17) is 5.11 Å². The largest absolute Gasteiger partial charge is 0.478 e. The molecule has 188 valence electrons. The van der Waals surface area contributed by atoms with E-state index >= 15 is 0 Å². The smallest absolute Gasteiger partial charge is 0.335 e. The minimum absolute atomic E-state index is 0.0329. The lowest BCUT2D eigenvalue weighted by atomic mass is 9.63. The van der Waals surface area contributed by atoms with Crippen LogP contribution < -0.4 is 5.32 Å². The summed E-state index contributed by atoms with van der Waals surface area (Å²) in [6.07, 6.45) is 4.51. The third kappa shape index (κ3) is 6.37. The van der Waals surface area contributed by atoms with Crippen LogP contribution >= 0.6 is 0 Å². The number of unbranched alkanes of at least 4 members (excludes halogenated alkanes) is 2. The number of fused-ring (bicyclic) bond motifs is 1. The van der Waals surface area contributed by atoms with Gasteiger partial charge in [0.05, 0.1) is 5.56 Å². The third-order valence-electron chi connectivity index (χ3n) is 7.08. The lowest BCUT2D eigenvalue weighted by Crippen LogP contribution is -2.34. The second-order valence-corrected chi connectivity index (χ2v) is 10.8. The molecule has 35 heavy (non-hydrogen) atoms. The van der Waals surface area contributed by atoms with Crippen LogP contribution in [0.4, 0.5) is 5.69 Å². The quantitative estimate of drug-likeness (QED) is 0.301. The molecule has 6 nitrogen and oxygen atoms in total. The molecule has 1 unspecified atom stereocenters. The first-order valence-corrected chi connectivity index (χ1v) is 12.5. The number of rotatable bonds is 9. The Labute approximate surface area is 208 Å². The molecular formula is C29H38N2O4. The van der Waals surface area contributed by atoms with E-state index in [-0.39, 0.29) is 22.1 Å². The van der Waals surface area contributed by atoms with Crippen molar-refractivity contribution in [2.75, 3.05) is 5.32 Å². The van der Waals surface area contributed by atoms with Crippen molar-refractivity contribution in [2.45, 2.75) is 90.2 Å². The van der Waals surface area contributed by atoms with Crippen molar-refractivity contribution in [2.24, 2.45) is 4.99 Å². The monoisotopic (exact) mass is 478 g/mol. The van der Waals surface area contributed by atoms with Gasteiger partial charge in [0.15, 0.2) is 0 Å². The number of anilines is 1. The van der Waals surface area contributed by atoms with E-state index in [1.54, 1.807) is 12.1 Å². The van der Waals surface area contributed by atoms with E-state index in [1.165, 1.54) is 23.3 Å². The molecule has 6 heteroatoms. The van der Waals surface area contributed by atoms with Gasteiger partial charge in [-0.15, -0.1) is 0 Å². The standard InChI is InChI=1S/C29H38N2O4/c1-6-7-8-9-24(32)31-25(26(33)30-21-13-10-19(11-14-21)27(34)35)20-12-15-22-23(18-20)29(4,5)17-16-28(22,2)3/h10-15,18,24,32H,6-9,16-17H2,1-5H3,(H,30,33)(H,34,35). The van der Waals surface area contributed by atoms with Crippen molar-refractivity contribution < 1.29 is 19.8 Å². The highest BCUT2D eigenvalue weighted by Crippen LogP contribution is 2.46. The van der Waals surface area contributed by atoms with E-state index in [9.17, 15) is 14.7 Å². The molecule has 0 aliphatic heterocycles. The van der Waals surface area contributed by atoms with Gasteiger partial charge in [-0.2, -0.15) is 0 Å². The van der Waals surface area contributed by atoms with Gasteiger partial charge in [0.2, 0.25) is 0 Å². The molecular weight excluding hydrogens is 440 g/mol. The maximum Gasteiger partial charge on any atom is 0.335 e. The Balaban J connectivity index is 1.98. The molecule has 0 radical (unpaired) electrons. The van der Waals surface area contributed by atoms with Crippen LogP contribution in [0.15, 0.2) is 47.5 Å². The summed E-state index contributed by atoms with van der Waals surface area (Å²) >= 11 is 0. The number of hydrogen-bond donors (Lipinski definition) is 3. The fourth-order valence-electron chi connectivity index (χ4n) is 4.68. The Hall–Kier alpha value is -2.99. The van der Waals surface area contributed by atoms with Crippen molar-refractivity contribution in [3.63, 3.8) is 0 Å². The normalized spacial score (nSPS) is 17.4. The third-order valence-corrected chi connectivity index (χ3v) is 7.08. The average molecular weight is 479 g/mol. The Morgan fingerprint density at radius 1 is 0.943 bits per heavy atom. The molecule has 0 bridgehead atoms. The zero-order valence-corrected chi connectivity index (χ0v) is 21.5. The lowest BCUT2D eigenvalue weighted by Gasteiger charge is -2.42. The number of aliphatic hydroxyl groups is 1. The minimum Gasteiger partial charge on any atom is -0.478 e. The number of carboxylic acid groups (broad SMARTS) is 1. The second kappa shape index (κ2) is 10.7. The van der Waals surface area contributed by atoms with E-state index < -0.39 is 18.1 Å². The Bertz CT molecular complexity index is 1100. The molecule has 0 spiro atoms. The highest BCUT2D eigenvalue weighted by molar-refractivity contribution is 6.49. The molecule has 3 rings (SSSR count). The summed E-state index contributed by atoms with van der Waals surface area (Å²) < 4.78 is 0. The van der Waals surface area contributed by atoms with Crippen LogP contribution in [0.1, 0.15) is 100 Å². The van der Waals surface area contributed by atoms with Gasteiger partial charge in [-0.3, -0.25) is 4.79 Å². The molecule has 1 aliphatic rings. The first-order valence-electron chi connectivity index (χ1n) is 12.5. The Morgan fingerprint density at radius 2 is 1.54 bits per heavy atom. The highest BCUT2D eigenvalue weighted by atomic mass is 16.4. The van der Waals surface area contributed by atoms with Crippen molar-refractivity contribution in [1.82, 2.24) is 0 Å². The number of carbonyl (C=O) groups excluding carboxylic acids is 1. The number of carboxylic acids is 1. The second-order valence-electron chi connectivity index (χ2n) is 10.8. The highest BCUT2D eigenvalue weighted by Gasteiger charge is 2.37. The van der Waals surface area contributed by atoms with Gasteiger partial charge in [-0.05, 0) is 78.0 Å². The molecule has 3 N–H and O–H groups in total. The van der Waals surface area contributed by atoms with Crippen LogP contribution in [0.2, 0.25) is 0 Å². The topological polar surface area (TPSA) is 99.0 Å². The summed E-state index contributed by atoms with van der Waals surface area (Å²) in [5, 5.41) is 22.6. The van der Waals surface area contributed by atoms with Crippen molar-refractivity contribution in [3.05, 3.63) is 64.7 Å². The van der Waals surface area contributed by atoms with E-state index in [0.717, 1.165) is 32.1 Å². The lowest BCUT2D eigenvalue weighted by molar-refractivity contribution is -0.110. The fraction of sp³-hybridized carbons (Fsp3) is 0.483. The Morgan fingerprint density at radius 3 is 2.14 bits per heavy atom. The number of benzene rings is 2. The van der Waals surface area contributed by atoms with Gasteiger partial charge in [-0.1, -0.05) is 59.6 Å². The average Bonchev–Trinajstić information content (AvgIpc) is 2.81. The number of aliphatic hydroxyl groups excluding tert-OH is 1. The van der Waals surface area contributed by atoms with Gasteiger partial charge in [-0.25, -0.2) is 9.79 Å². The number of hydrogen-bond acceptors (Lipinski definition) is 4. The van der Waals surface area contributed by atoms with Gasteiger partial charge in [0.1, 0.15) is 11.9 Å². The number of nitrogens with zero attached hydrogens (tertiary/aromatic N) is 1. The van der Waals surface area contributed by atoms with Crippen LogP contribution in [0, 0.1) is 0 Å². The maximum atomic E-state index is 13.4. The zero-order valence-electron chi connectivity index (χ0n) is 21.5. The van der Waals surface area contributed by atoms with Crippen molar-refractivity contribution in [1.29, 1.82) is 0 Å². The zero-order chi connectivity index (χ0) is 25.8. The van der Waals surface area contributed by atoms with Crippen LogP contribution in [0.3, 0.4) is 0 Å². The summed E-state index contributed by atoms with van der Waals surface area (Å²) in [7, 11) is 0. The molecule has 2 aromatic rings. The van der Waals surface area contributed by atoms with Crippen molar-refractivity contribution >= 4 is 23.3 Å². The molecule has 1 aliphatic carbocycles. The maximum absolute atomic E-state index is 13.4. The summed E-state index contributed by atoms with van der Waals surface area (Å²) in [4.78, 5) is 29.0. The van der Waals surface area contributed by atoms with Crippen LogP contribution in [0.25, 0.3) is 0 Å². The number of aliphatic imine (C=N–C) groups is 1. The molecule has 0 saturated carbocycles. The van der Waals surface area contributed by atoms with Gasteiger partial charge in [0.25, 0.3) is 5.91 Å². The van der Waals surface area contributed by atoms with E-state index in [1.807, 2.05) is 6.07 Å². The van der Waals surface area contributed by atoms with E-state index in [2.05, 4.69) is 57.1 Å². The summed E-state index contributed by atoms with van der Waals surface area (Å²) in [6, 6.07) is 12.1. The predicted molar refractivity (Wildman–Crippen MR) is 140 cm³/mol. The minimum atomic E-state index is -1.03. The number of nitrogens with one attached hydrogen (secondary N) is 1. The predicted octanol–water partition coefficient (Wildman–Crippen LogP) is 6.06. The Kier molecular flexibility index (Phi) is 8.16. The molecule has 2 aromatic carbocycles. The molecule has 0 fully saturated rings. The SMILES string of the molecule is CCCCCC(O)N=C(C(=O)Nc1ccc(C(=O)O)cc1)c1ccc2c(c1)C(C)(C)CCC2(C)C. The molecule has 0 aromatic heterocycles. The van der Waals surface area contributed by atoms with Crippen LogP contribution in [-0.2, 0) is 15.6 Å². The van der Waals surface area contributed by atoms with Crippen molar-refractivity contribution in [3.8, 4) is 0 Å². The first kappa shape index (κ1) is 26.6. The number of carbonyl (C=O) groups is 2. The molecule has 0 heterocycles. The van der Waals surface area contributed by atoms with Gasteiger partial charge < -0.3 is 15.5 Å². The summed E-state index contributed by atoms with van der Waals surface area (Å²) in [5.74, 6) is -1.46.